The van der Waals surface area contributed by atoms with Crippen LogP contribution in [0, 0.1) is 0 Å². The molecule has 0 saturated carbocycles. The molecule has 0 spiro atoms. The third kappa shape index (κ3) is 3.86. The highest BCUT2D eigenvalue weighted by atomic mass is 32.1. The van der Waals surface area contributed by atoms with Crippen LogP contribution < -0.4 is 4.90 Å². The lowest BCUT2D eigenvalue weighted by atomic mass is 10.0. The van der Waals surface area contributed by atoms with E-state index in [1.807, 2.05) is 11.3 Å². The van der Waals surface area contributed by atoms with E-state index in [0.29, 0.717) is 0 Å². The van der Waals surface area contributed by atoms with Crippen molar-refractivity contribution in [3.63, 3.8) is 0 Å². The molecule has 0 aliphatic heterocycles. The molecule has 0 bridgehead atoms. The molecule has 0 fully saturated rings. The molecule has 0 aliphatic rings. The van der Waals surface area contributed by atoms with Crippen molar-refractivity contribution in [2.75, 3.05) is 4.90 Å². The zero-order chi connectivity index (χ0) is 28.3. The molecule has 9 aromatic rings. The van der Waals surface area contributed by atoms with E-state index >= 15 is 0 Å². The molecule has 43 heavy (non-hydrogen) atoms. The number of hydrogen-bond acceptors (Lipinski definition) is 3. The van der Waals surface area contributed by atoms with Crippen molar-refractivity contribution in [1.29, 1.82) is 0 Å². The molecule has 0 aliphatic carbocycles. The molecule has 0 radical (unpaired) electrons. The zero-order valence-corrected chi connectivity index (χ0v) is 24.0. The van der Waals surface area contributed by atoms with Gasteiger partial charge >= 0.3 is 0 Å². The fourth-order valence-electron chi connectivity index (χ4n) is 6.43. The maximum atomic E-state index is 6.47. The number of rotatable bonds is 4. The summed E-state index contributed by atoms with van der Waals surface area (Å²) in [6.07, 6.45) is 0. The summed E-state index contributed by atoms with van der Waals surface area (Å²) in [7, 11) is 0. The Morgan fingerprint density at radius 1 is 0.465 bits per heavy atom. The molecule has 0 N–H and O–H groups in total. The van der Waals surface area contributed by atoms with E-state index < -0.39 is 0 Å². The predicted molar refractivity (Wildman–Crippen MR) is 184 cm³/mol. The van der Waals surface area contributed by atoms with Crippen LogP contribution in [0.25, 0.3) is 64.0 Å². The van der Waals surface area contributed by atoms with E-state index in [1.54, 1.807) is 0 Å². The van der Waals surface area contributed by atoms with Gasteiger partial charge in [0.25, 0.3) is 0 Å². The van der Waals surface area contributed by atoms with Crippen LogP contribution in [0.15, 0.2) is 156 Å². The number of anilines is 3. The van der Waals surface area contributed by atoms with E-state index in [0.717, 1.165) is 49.8 Å². The molecule has 0 amide bonds. The van der Waals surface area contributed by atoms with Crippen LogP contribution in [0.5, 0.6) is 0 Å². The van der Waals surface area contributed by atoms with Gasteiger partial charge in [0.15, 0.2) is 0 Å². The summed E-state index contributed by atoms with van der Waals surface area (Å²) in [6.45, 7) is 0. The number of para-hydroxylation sites is 1. The third-order valence-corrected chi connectivity index (χ3v) is 9.59. The summed E-state index contributed by atoms with van der Waals surface area (Å²) in [5.41, 5.74) is 7.60. The van der Waals surface area contributed by atoms with Gasteiger partial charge in [-0.1, -0.05) is 91.0 Å². The second-order valence-corrected chi connectivity index (χ2v) is 12.0. The summed E-state index contributed by atoms with van der Waals surface area (Å²) in [5.74, 6) is 0. The van der Waals surface area contributed by atoms with Gasteiger partial charge in [0.1, 0.15) is 11.2 Å². The molecule has 2 aromatic heterocycles. The molecule has 7 aromatic carbocycles. The van der Waals surface area contributed by atoms with Crippen molar-refractivity contribution in [2.45, 2.75) is 0 Å². The number of fused-ring (bicyclic) bond motifs is 8. The topological polar surface area (TPSA) is 16.4 Å². The Kier molecular flexibility index (Phi) is 5.40. The van der Waals surface area contributed by atoms with Gasteiger partial charge in [0, 0.05) is 47.7 Å². The van der Waals surface area contributed by atoms with E-state index in [1.165, 1.54) is 31.2 Å². The molecule has 2 nitrogen and oxygen atoms in total. The van der Waals surface area contributed by atoms with Crippen molar-refractivity contribution in [3.05, 3.63) is 152 Å². The van der Waals surface area contributed by atoms with Gasteiger partial charge in [-0.15, -0.1) is 11.3 Å². The minimum absolute atomic E-state index is 0.912. The standard InChI is InChI=1S/C40H25NOS/c1-2-10-29(11-3-1)41(35-14-8-16-38-39(35)34-13-6-7-15-37(34)43-38)30-21-17-26(18-22-30)28-20-23-32-33-24-19-27-9-4-5-12-31(27)40(33)42-36(32)25-28/h1-25H. The van der Waals surface area contributed by atoms with Crippen LogP contribution >= 0.6 is 11.3 Å². The Morgan fingerprint density at radius 3 is 2.05 bits per heavy atom. The maximum Gasteiger partial charge on any atom is 0.143 e. The normalized spacial score (nSPS) is 11.7. The highest BCUT2D eigenvalue weighted by Gasteiger charge is 2.18. The van der Waals surface area contributed by atoms with Gasteiger partial charge in [-0.25, -0.2) is 0 Å². The minimum Gasteiger partial charge on any atom is -0.455 e. The first-order chi connectivity index (χ1) is 21.3. The number of thiophene rings is 1. The Labute approximate surface area is 252 Å². The fourth-order valence-corrected chi connectivity index (χ4v) is 7.56. The van der Waals surface area contributed by atoms with Crippen molar-refractivity contribution >= 4 is 81.3 Å². The Hall–Kier alpha value is -5.38. The van der Waals surface area contributed by atoms with Gasteiger partial charge < -0.3 is 9.32 Å². The summed E-state index contributed by atoms with van der Waals surface area (Å²) in [6, 6.07) is 54.2. The van der Waals surface area contributed by atoms with Gasteiger partial charge in [0.2, 0.25) is 0 Å². The first-order valence-corrected chi connectivity index (χ1v) is 15.3. The molecule has 202 valence electrons. The minimum atomic E-state index is 0.912. The average Bonchev–Trinajstić information content (AvgIpc) is 3.64. The van der Waals surface area contributed by atoms with E-state index in [2.05, 4.69) is 157 Å². The number of nitrogens with zero attached hydrogens (tertiary/aromatic N) is 1. The van der Waals surface area contributed by atoms with E-state index in [4.69, 9.17) is 4.42 Å². The van der Waals surface area contributed by atoms with E-state index in [9.17, 15) is 0 Å². The summed E-state index contributed by atoms with van der Waals surface area (Å²) in [5, 5.41) is 7.23. The number of furan rings is 1. The molecule has 3 heteroatoms. The van der Waals surface area contributed by atoms with Crippen LogP contribution in [0.3, 0.4) is 0 Å². The maximum absolute atomic E-state index is 6.47. The quantitative estimate of drug-likeness (QED) is 0.210. The lowest BCUT2D eigenvalue weighted by Crippen LogP contribution is -2.10. The average molecular weight is 568 g/mol. The first kappa shape index (κ1) is 24.2. The molecule has 9 rings (SSSR count). The monoisotopic (exact) mass is 567 g/mol. The number of benzene rings is 7. The molecular weight excluding hydrogens is 543 g/mol. The molecule has 0 atom stereocenters. The number of hydrogen-bond donors (Lipinski definition) is 0. The van der Waals surface area contributed by atoms with Gasteiger partial charge in [-0.3, -0.25) is 0 Å². The van der Waals surface area contributed by atoms with Crippen molar-refractivity contribution < 1.29 is 4.42 Å². The third-order valence-electron chi connectivity index (χ3n) is 8.46. The second kappa shape index (κ2) is 9.59. The van der Waals surface area contributed by atoms with Crippen LogP contribution in [0.2, 0.25) is 0 Å². The molecule has 0 unspecified atom stereocenters. The van der Waals surface area contributed by atoms with Crippen LogP contribution in [0.4, 0.5) is 17.1 Å². The highest BCUT2D eigenvalue weighted by Crippen LogP contribution is 2.45. The lowest BCUT2D eigenvalue weighted by Gasteiger charge is -2.26. The second-order valence-electron chi connectivity index (χ2n) is 10.9. The molecular formula is C40H25NOS. The van der Waals surface area contributed by atoms with Crippen LogP contribution in [-0.2, 0) is 0 Å². The Balaban J connectivity index is 1.17. The summed E-state index contributed by atoms with van der Waals surface area (Å²) < 4.78 is 9.07. The molecule has 0 saturated heterocycles. The first-order valence-electron chi connectivity index (χ1n) is 14.5. The van der Waals surface area contributed by atoms with Gasteiger partial charge in [-0.2, -0.15) is 0 Å². The summed E-state index contributed by atoms with van der Waals surface area (Å²) in [4.78, 5) is 2.37. The Morgan fingerprint density at radius 2 is 1.16 bits per heavy atom. The largest absolute Gasteiger partial charge is 0.455 e. The summed E-state index contributed by atoms with van der Waals surface area (Å²) >= 11 is 1.85. The molecule has 2 heterocycles. The van der Waals surface area contributed by atoms with Gasteiger partial charge in [-0.05, 0) is 77.2 Å². The predicted octanol–water partition coefficient (Wildman–Crippen LogP) is 12.2. The zero-order valence-electron chi connectivity index (χ0n) is 23.2. The van der Waals surface area contributed by atoms with Gasteiger partial charge in [0.05, 0.1) is 5.69 Å². The van der Waals surface area contributed by atoms with Crippen LogP contribution in [-0.4, -0.2) is 0 Å². The van der Waals surface area contributed by atoms with Crippen molar-refractivity contribution in [1.82, 2.24) is 0 Å². The SMILES string of the molecule is c1ccc(N(c2ccc(-c3ccc4c(c3)oc3c5ccccc5ccc43)cc2)c2cccc3sc4ccccc4c23)cc1. The lowest BCUT2D eigenvalue weighted by molar-refractivity contribution is 0.673. The smallest absolute Gasteiger partial charge is 0.143 e. The highest BCUT2D eigenvalue weighted by molar-refractivity contribution is 7.26. The van der Waals surface area contributed by atoms with Crippen molar-refractivity contribution in [3.8, 4) is 11.1 Å². The van der Waals surface area contributed by atoms with E-state index in [-0.39, 0.29) is 0 Å². The van der Waals surface area contributed by atoms with Crippen molar-refractivity contribution in [2.24, 2.45) is 0 Å². The van der Waals surface area contributed by atoms with Crippen LogP contribution in [0.1, 0.15) is 0 Å². The fraction of sp³-hybridized carbons (Fsp3) is 0. The Bertz CT molecular complexity index is 2450.